The maximum Gasteiger partial charge on any atom is 0.288 e. The third-order valence-corrected chi connectivity index (χ3v) is 4.99. The molecule has 27 heavy (non-hydrogen) atoms. The van der Waals surface area contributed by atoms with Gasteiger partial charge in [0, 0.05) is 11.8 Å². The second kappa shape index (κ2) is 8.26. The Morgan fingerprint density at radius 1 is 1.15 bits per heavy atom. The van der Waals surface area contributed by atoms with E-state index in [0.717, 1.165) is 11.3 Å². The SMILES string of the molecule is O=C(Nc1ccccc1)c1nnc(/C(Cl)=C/c2ccc(Cl)c([N+](=O)[O-])c2)s1. The second-order valence-corrected chi connectivity index (χ2v) is 6.98. The van der Waals surface area contributed by atoms with E-state index < -0.39 is 10.8 Å². The number of benzene rings is 2. The van der Waals surface area contributed by atoms with Crippen LogP contribution in [0.1, 0.15) is 20.4 Å². The first-order valence-electron chi connectivity index (χ1n) is 7.45. The van der Waals surface area contributed by atoms with Crippen molar-refractivity contribution in [2.75, 3.05) is 5.32 Å². The van der Waals surface area contributed by atoms with Crippen LogP contribution < -0.4 is 5.32 Å². The fraction of sp³-hybridized carbons (Fsp3) is 0. The molecule has 3 rings (SSSR count). The minimum atomic E-state index is -0.579. The Morgan fingerprint density at radius 3 is 2.56 bits per heavy atom. The minimum absolute atomic E-state index is 0.0315. The lowest BCUT2D eigenvalue weighted by molar-refractivity contribution is -0.384. The van der Waals surface area contributed by atoms with Gasteiger partial charge < -0.3 is 5.32 Å². The van der Waals surface area contributed by atoms with Crippen molar-refractivity contribution in [3.63, 3.8) is 0 Å². The van der Waals surface area contributed by atoms with Gasteiger partial charge in [-0.25, -0.2) is 0 Å². The number of amides is 1. The molecule has 0 aliphatic rings. The molecule has 0 aliphatic heterocycles. The number of carbonyl (C=O) groups is 1. The van der Waals surface area contributed by atoms with Gasteiger partial charge in [0.05, 0.1) is 9.96 Å². The van der Waals surface area contributed by atoms with Crippen LogP contribution in [0.4, 0.5) is 11.4 Å². The van der Waals surface area contributed by atoms with Gasteiger partial charge in [-0.05, 0) is 29.8 Å². The number of halogens is 2. The molecular weight excluding hydrogens is 411 g/mol. The van der Waals surface area contributed by atoms with Crippen LogP contribution in [0.15, 0.2) is 48.5 Å². The molecule has 0 aliphatic carbocycles. The highest BCUT2D eigenvalue weighted by molar-refractivity contribution is 7.15. The highest BCUT2D eigenvalue weighted by atomic mass is 35.5. The molecule has 136 valence electrons. The average Bonchev–Trinajstić information content (AvgIpc) is 3.14. The lowest BCUT2D eigenvalue weighted by atomic mass is 10.2. The maximum absolute atomic E-state index is 12.2. The summed E-state index contributed by atoms with van der Waals surface area (Å²) in [6.45, 7) is 0. The Labute approximate surface area is 167 Å². The Morgan fingerprint density at radius 2 is 1.85 bits per heavy atom. The van der Waals surface area contributed by atoms with Gasteiger partial charge in [-0.2, -0.15) is 0 Å². The van der Waals surface area contributed by atoms with Crippen LogP contribution in [0, 0.1) is 10.1 Å². The van der Waals surface area contributed by atoms with E-state index in [4.69, 9.17) is 23.2 Å². The summed E-state index contributed by atoms with van der Waals surface area (Å²) in [5.41, 5.74) is 0.881. The molecule has 0 unspecified atom stereocenters. The first-order valence-corrected chi connectivity index (χ1v) is 9.02. The summed E-state index contributed by atoms with van der Waals surface area (Å²) in [4.78, 5) is 22.6. The van der Waals surface area contributed by atoms with E-state index in [1.165, 1.54) is 18.2 Å². The smallest absolute Gasteiger partial charge is 0.288 e. The third-order valence-electron chi connectivity index (χ3n) is 3.32. The molecule has 1 amide bonds. The summed E-state index contributed by atoms with van der Waals surface area (Å²) in [5.74, 6) is -0.406. The molecule has 1 N–H and O–H groups in total. The average molecular weight is 421 g/mol. The monoisotopic (exact) mass is 420 g/mol. The Bertz CT molecular complexity index is 1040. The van der Waals surface area contributed by atoms with E-state index >= 15 is 0 Å². The van der Waals surface area contributed by atoms with Gasteiger partial charge in [0.2, 0.25) is 5.01 Å². The van der Waals surface area contributed by atoms with Gasteiger partial charge in [0.15, 0.2) is 5.01 Å². The van der Waals surface area contributed by atoms with E-state index in [0.29, 0.717) is 16.3 Å². The quantitative estimate of drug-likeness (QED) is 0.457. The molecule has 0 radical (unpaired) electrons. The number of carbonyl (C=O) groups excluding carboxylic acids is 1. The zero-order valence-corrected chi connectivity index (χ0v) is 15.8. The van der Waals surface area contributed by atoms with Crippen molar-refractivity contribution in [2.45, 2.75) is 0 Å². The molecule has 0 bridgehead atoms. The molecule has 10 heteroatoms. The van der Waals surface area contributed by atoms with Crippen molar-refractivity contribution >= 4 is 62.9 Å². The van der Waals surface area contributed by atoms with Crippen LogP contribution in [0.3, 0.4) is 0 Å². The first kappa shape index (κ1) is 19.0. The fourth-order valence-corrected chi connectivity index (χ4v) is 3.20. The van der Waals surface area contributed by atoms with Crippen molar-refractivity contribution in [3.05, 3.63) is 79.2 Å². The van der Waals surface area contributed by atoms with Crippen LogP contribution in [-0.2, 0) is 0 Å². The molecule has 2 aromatic carbocycles. The van der Waals surface area contributed by atoms with E-state index in [9.17, 15) is 14.9 Å². The van der Waals surface area contributed by atoms with Gasteiger partial charge in [0.25, 0.3) is 11.6 Å². The molecule has 3 aromatic rings. The zero-order chi connectivity index (χ0) is 19.4. The van der Waals surface area contributed by atoms with Crippen LogP contribution in [0.2, 0.25) is 5.02 Å². The number of hydrogen-bond acceptors (Lipinski definition) is 6. The van der Waals surface area contributed by atoms with Crippen LogP contribution in [0.25, 0.3) is 11.1 Å². The van der Waals surface area contributed by atoms with E-state index in [2.05, 4.69) is 15.5 Å². The first-order chi connectivity index (χ1) is 12.9. The number of nitro benzene ring substituents is 1. The van der Waals surface area contributed by atoms with Crippen LogP contribution in [-0.4, -0.2) is 21.0 Å². The summed E-state index contributed by atoms with van der Waals surface area (Å²) in [6, 6.07) is 13.2. The number of anilines is 1. The normalized spacial score (nSPS) is 11.3. The Hall–Kier alpha value is -2.81. The lowest BCUT2D eigenvalue weighted by Crippen LogP contribution is -2.11. The Kier molecular flexibility index (Phi) is 5.80. The summed E-state index contributed by atoms with van der Waals surface area (Å²) < 4.78 is 0. The summed E-state index contributed by atoms with van der Waals surface area (Å²) >= 11 is 13.0. The van der Waals surface area contributed by atoms with E-state index in [-0.39, 0.29) is 20.7 Å². The summed E-state index contributed by atoms with van der Waals surface area (Å²) in [6.07, 6.45) is 1.49. The van der Waals surface area contributed by atoms with Crippen molar-refractivity contribution in [1.82, 2.24) is 10.2 Å². The van der Waals surface area contributed by atoms with E-state index in [1.807, 2.05) is 6.07 Å². The van der Waals surface area contributed by atoms with Crippen molar-refractivity contribution in [2.24, 2.45) is 0 Å². The fourth-order valence-electron chi connectivity index (χ4n) is 2.08. The summed E-state index contributed by atoms with van der Waals surface area (Å²) in [7, 11) is 0. The number of nitrogens with one attached hydrogen (secondary N) is 1. The lowest BCUT2D eigenvalue weighted by Gasteiger charge is -2.00. The Balaban J connectivity index is 1.79. The molecule has 0 spiro atoms. The number of hydrogen-bond donors (Lipinski definition) is 1. The topological polar surface area (TPSA) is 98.0 Å². The molecule has 0 fully saturated rings. The number of para-hydroxylation sites is 1. The van der Waals surface area contributed by atoms with Gasteiger partial charge in [-0.1, -0.05) is 58.8 Å². The van der Waals surface area contributed by atoms with Crippen LogP contribution in [0.5, 0.6) is 0 Å². The number of aromatic nitrogens is 2. The predicted octanol–water partition coefficient (Wildman–Crippen LogP) is 5.09. The predicted molar refractivity (Wildman–Crippen MR) is 106 cm³/mol. The molecule has 0 atom stereocenters. The molecule has 1 heterocycles. The van der Waals surface area contributed by atoms with Crippen molar-refractivity contribution in [3.8, 4) is 0 Å². The van der Waals surface area contributed by atoms with Crippen LogP contribution >= 0.6 is 34.5 Å². The number of nitrogens with zero attached hydrogens (tertiary/aromatic N) is 3. The molecule has 0 saturated heterocycles. The second-order valence-electron chi connectivity index (χ2n) is 5.19. The highest BCUT2D eigenvalue weighted by Gasteiger charge is 2.16. The highest BCUT2D eigenvalue weighted by Crippen LogP contribution is 2.29. The largest absolute Gasteiger partial charge is 0.320 e. The molecule has 1 aromatic heterocycles. The zero-order valence-electron chi connectivity index (χ0n) is 13.4. The van der Waals surface area contributed by atoms with Gasteiger partial charge in [-0.15, -0.1) is 10.2 Å². The maximum atomic E-state index is 12.2. The van der Waals surface area contributed by atoms with E-state index in [1.54, 1.807) is 30.3 Å². The standard InChI is InChI=1S/C17H10Cl2N4O3S/c18-12-7-6-10(9-14(12)23(25)26)8-13(19)16-21-22-17(27-16)15(24)20-11-4-2-1-3-5-11/h1-9H,(H,20,24)/b13-8-. The molecular formula is C17H10Cl2N4O3S. The summed E-state index contributed by atoms with van der Waals surface area (Å²) in [5, 5.41) is 22.1. The molecule has 7 nitrogen and oxygen atoms in total. The number of rotatable bonds is 5. The number of nitro groups is 1. The molecule has 0 saturated carbocycles. The minimum Gasteiger partial charge on any atom is -0.320 e. The van der Waals surface area contributed by atoms with Crippen molar-refractivity contribution < 1.29 is 9.72 Å². The van der Waals surface area contributed by atoms with Crippen molar-refractivity contribution in [1.29, 1.82) is 0 Å². The third kappa shape index (κ3) is 4.68. The van der Waals surface area contributed by atoms with Gasteiger partial charge in [0.1, 0.15) is 5.02 Å². The van der Waals surface area contributed by atoms with Gasteiger partial charge in [-0.3, -0.25) is 14.9 Å². The van der Waals surface area contributed by atoms with Gasteiger partial charge >= 0.3 is 0 Å².